The van der Waals surface area contributed by atoms with E-state index in [1.807, 2.05) is 25.2 Å². The van der Waals surface area contributed by atoms with Crippen molar-refractivity contribution in [2.75, 3.05) is 38.6 Å². The molecule has 0 saturated carbocycles. The number of benzene rings is 1. The monoisotopic (exact) mass is 258 g/mol. The third-order valence-electron chi connectivity index (χ3n) is 3.86. The maximum atomic E-state index is 9.02. The summed E-state index contributed by atoms with van der Waals surface area (Å²) in [5, 5.41) is 12.3. The van der Waals surface area contributed by atoms with E-state index >= 15 is 0 Å². The molecule has 4 nitrogen and oxygen atoms in total. The second kappa shape index (κ2) is 6.05. The van der Waals surface area contributed by atoms with Gasteiger partial charge in [0.05, 0.1) is 11.6 Å². The molecule has 2 atom stereocenters. The highest BCUT2D eigenvalue weighted by Gasteiger charge is 2.28. The summed E-state index contributed by atoms with van der Waals surface area (Å²) < 4.78 is 0. The zero-order valence-corrected chi connectivity index (χ0v) is 11.9. The Bertz CT molecular complexity index is 465. The minimum absolute atomic E-state index is 0.465. The Labute approximate surface area is 115 Å². The molecule has 0 bridgehead atoms. The van der Waals surface area contributed by atoms with Crippen LogP contribution in [0.3, 0.4) is 0 Å². The molecule has 1 aromatic rings. The Morgan fingerprint density at radius 3 is 2.89 bits per heavy atom. The normalized spacial score (nSPS) is 24.2. The molecule has 2 unspecified atom stereocenters. The third-order valence-corrected chi connectivity index (χ3v) is 3.86. The first-order chi connectivity index (χ1) is 9.15. The quantitative estimate of drug-likeness (QED) is 0.887. The first-order valence-electron chi connectivity index (χ1n) is 6.77. The summed E-state index contributed by atoms with van der Waals surface area (Å²) in [5.41, 5.74) is 1.88. The summed E-state index contributed by atoms with van der Waals surface area (Å²) >= 11 is 0. The Balaban J connectivity index is 2.20. The van der Waals surface area contributed by atoms with Crippen LogP contribution in [0.2, 0.25) is 0 Å². The van der Waals surface area contributed by atoms with Crippen molar-refractivity contribution in [1.82, 2.24) is 10.2 Å². The molecule has 0 aliphatic carbocycles. The maximum Gasteiger partial charge on any atom is 0.0992 e. The molecule has 1 heterocycles. The van der Waals surface area contributed by atoms with E-state index in [1.54, 1.807) is 0 Å². The first kappa shape index (κ1) is 13.9. The molecule has 2 rings (SSSR count). The summed E-state index contributed by atoms with van der Waals surface area (Å²) in [7, 11) is 4.17. The Morgan fingerprint density at radius 2 is 2.21 bits per heavy atom. The van der Waals surface area contributed by atoms with E-state index in [0.717, 1.165) is 30.9 Å². The van der Waals surface area contributed by atoms with Gasteiger partial charge in [-0.05, 0) is 39.2 Å². The molecule has 1 saturated heterocycles. The maximum absolute atomic E-state index is 9.02. The minimum Gasteiger partial charge on any atom is -0.366 e. The molecule has 0 radical (unpaired) electrons. The van der Waals surface area contributed by atoms with E-state index in [4.69, 9.17) is 5.26 Å². The fraction of sp³-hybridized carbons (Fsp3) is 0.533. The van der Waals surface area contributed by atoms with Gasteiger partial charge < -0.3 is 10.2 Å². The van der Waals surface area contributed by atoms with Gasteiger partial charge in [0.25, 0.3) is 0 Å². The van der Waals surface area contributed by atoms with Crippen LogP contribution >= 0.6 is 0 Å². The summed E-state index contributed by atoms with van der Waals surface area (Å²) in [6.07, 6.45) is 0. The van der Waals surface area contributed by atoms with Gasteiger partial charge in [-0.3, -0.25) is 4.90 Å². The number of nitrogens with one attached hydrogen (secondary N) is 1. The van der Waals surface area contributed by atoms with E-state index in [2.05, 4.69) is 41.2 Å². The second-order valence-electron chi connectivity index (χ2n) is 5.31. The van der Waals surface area contributed by atoms with Crippen molar-refractivity contribution in [3.05, 3.63) is 29.8 Å². The number of rotatable bonds is 3. The molecule has 4 heteroatoms. The van der Waals surface area contributed by atoms with Crippen LogP contribution in [0.4, 0.5) is 5.69 Å². The number of hydrogen-bond acceptors (Lipinski definition) is 4. The number of piperazine rings is 1. The standard InChI is InChI=1S/C15H22N4/c1-12-10-18(3)15(9-17-2)11-19(12)14-6-4-5-13(7-14)8-16/h4-7,12,15,17H,9-11H2,1-3H3. The molecule has 0 spiro atoms. The van der Waals surface area contributed by atoms with Crippen molar-refractivity contribution < 1.29 is 0 Å². The highest BCUT2D eigenvalue weighted by Crippen LogP contribution is 2.23. The highest BCUT2D eigenvalue weighted by atomic mass is 15.3. The number of hydrogen-bond donors (Lipinski definition) is 1. The number of nitrogens with zero attached hydrogens (tertiary/aromatic N) is 3. The average Bonchev–Trinajstić information content (AvgIpc) is 2.42. The zero-order chi connectivity index (χ0) is 13.8. The fourth-order valence-corrected chi connectivity index (χ4v) is 2.78. The van der Waals surface area contributed by atoms with Crippen molar-refractivity contribution >= 4 is 5.69 Å². The SMILES string of the molecule is CNCC1CN(c2cccc(C#N)c2)C(C)CN1C. The minimum atomic E-state index is 0.465. The summed E-state index contributed by atoms with van der Waals surface area (Å²) in [6, 6.07) is 11.1. The second-order valence-corrected chi connectivity index (χ2v) is 5.31. The van der Waals surface area contributed by atoms with Gasteiger partial charge in [0.1, 0.15) is 0 Å². The number of likely N-dealkylation sites (N-methyl/N-ethyl adjacent to an activating group) is 2. The van der Waals surface area contributed by atoms with Crippen LogP contribution in [0.15, 0.2) is 24.3 Å². The van der Waals surface area contributed by atoms with Crippen molar-refractivity contribution in [3.8, 4) is 6.07 Å². The van der Waals surface area contributed by atoms with Crippen LogP contribution in [-0.4, -0.2) is 50.7 Å². The molecule has 1 aromatic carbocycles. The molecule has 0 amide bonds. The lowest BCUT2D eigenvalue weighted by Crippen LogP contribution is -2.58. The molecule has 1 fully saturated rings. The Hall–Kier alpha value is -1.57. The summed E-state index contributed by atoms with van der Waals surface area (Å²) in [5.74, 6) is 0. The number of anilines is 1. The van der Waals surface area contributed by atoms with Crippen LogP contribution < -0.4 is 10.2 Å². The third kappa shape index (κ3) is 3.06. The lowest BCUT2D eigenvalue weighted by atomic mass is 10.1. The largest absolute Gasteiger partial charge is 0.366 e. The van der Waals surface area contributed by atoms with E-state index in [1.165, 1.54) is 0 Å². The molecular formula is C15H22N4. The van der Waals surface area contributed by atoms with Gasteiger partial charge in [0, 0.05) is 37.4 Å². The molecular weight excluding hydrogens is 236 g/mol. The molecule has 19 heavy (non-hydrogen) atoms. The Kier molecular flexibility index (Phi) is 4.41. The van der Waals surface area contributed by atoms with E-state index in [9.17, 15) is 0 Å². The number of nitriles is 1. The lowest BCUT2D eigenvalue weighted by Gasteiger charge is -2.45. The lowest BCUT2D eigenvalue weighted by molar-refractivity contribution is 0.190. The molecule has 1 N–H and O–H groups in total. The van der Waals surface area contributed by atoms with Gasteiger partial charge in [0.15, 0.2) is 0 Å². The summed E-state index contributed by atoms with van der Waals surface area (Å²) in [4.78, 5) is 4.81. The van der Waals surface area contributed by atoms with Crippen molar-refractivity contribution in [3.63, 3.8) is 0 Å². The molecule has 102 valence electrons. The summed E-state index contributed by atoms with van der Waals surface area (Å²) in [6.45, 7) is 5.26. The van der Waals surface area contributed by atoms with E-state index in [0.29, 0.717) is 12.1 Å². The van der Waals surface area contributed by atoms with Crippen molar-refractivity contribution in [2.24, 2.45) is 0 Å². The van der Waals surface area contributed by atoms with Gasteiger partial charge in [0.2, 0.25) is 0 Å². The molecule has 1 aliphatic heterocycles. The first-order valence-corrected chi connectivity index (χ1v) is 6.77. The highest BCUT2D eigenvalue weighted by molar-refractivity contribution is 5.52. The molecule has 1 aliphatic rings. The van der Waals surface area contributed by atoms with Crippen LogP contribution in [0.25, 0.3) is 0 Å². The van der Waals surface area contributed by atoms with E-state index in [-0.39, 0.29) is 0 Å². The van der Waals surface area contributed by atoms with Crippen LogP contribution in [0.1, 0.15) is 12.5 Å². The van der Waals surface area contributed by atoms with E-state index < -0.39 is 0 Å². The van der Waals surface area contributed by atoms with Gasteiger partial charge in [-0.15, -0.1) is 0 Å². The van der Waals surface area contributed by atoms with Crippen LogP contribution in [0, 0.1) is 11.3 Å². The fourth-order valence-electron chi connectivity index (χ4n) is 2.78. The van der Waals surface area contributed by atoms with Crippen LogP contribution in [0.5, 0.6) is 0 Å². The smallest absolute Gasteiger partial charge is 0.0992 e. The molecule has 0 aromatic heterocycles. The van der Waals surface area contributed by atoms with Crippen molar-refractivity contribution in [1.29, 1.82) is 5.26 Å². The topological polar surface area (TPSA) is 42.3 Å². The van der Waals surface area contributed by atoms with Gasteiger partial charge >= 0.3 is 0 Å². The van der Waals surface area contributed by atoms with Crippen LogP contribution in [-0.2, 0) is 0 Å². The van der Waals surface area contributed by atoms with Gasteiger partial charge in [-0.2, -0.15) is 5.26 Å². The Morgan fingerprint density at radius 1 is 1.42 bits per heavy atom. The van der Waals surface area contributed by atoms with Gasteiger partial charge in [-0.1, -0.05) is 6.07 Å². The van der Waals surface area contributed by atoms with Crippen molar-refractivity contribution in [2.45, 2.75) is 19.0 Å². The zero-order valence-electron chi connectivity index (χ0n) is 11.9. The average molecular weight is 258 g/mol. The van der Waals surface area contributed by atoms with Gasteiger partial charge in [-0.25, -0.2) is 0 Å². The predicted molar refractivity (Wildman–Crippen MR) is 78.3 cm³/mol. The predicted octanol–water partition coefficient (Wildman–Crippen LogP) is 1.29.